The number of ether oxygens (including phenoxy) is 6. The van der Waals surface area contributed by atoms with Crippen LogP contribution in [-0.2, 0) is 114 Å². The van der Waals surface area contributed by atoms with Gasteiger partial charge in [0.2, 0.25) is 5.97 Å². The number of nitrogens with zero attached hydrogens (tertiary/aromatic N) is 11. The number of fused-ring (bicyclic) bond motifs is 6. The molecule has 1 unspecified atom stereocenters. The summed E-state index contributed by atoms with van der Waals surface area (Å²) in [6.45, 7) is 25.8. The van der Waals surface area contributed by atoms with Gasteiger partial charge in [-0.3, -0.25) is 64.0 Å². The summed E-state index contributed by atoms with van der Waals surface area (Å²) in [5.74, 6) is 0.711. The summed E-state index contributed by atoms with van der Waals surface area (Å²) < 4.78 is 36.7. The fraction of sp³-hybridized carbons (Fsp3) is 0.450. The van der Waals surface area contributed by atoms with Crippen molar-refractivity contribution in [1.29, 1.82) is 0 Å². The summed E-state index contributed by atoms with van der Waals surface area (Å²) in [5.41, 5.74) is 15.3. The summed E-state index contributed by atoms with van der Waals surface area (Å²) >= 11 is 0. The molecule has 3 aliphatic heterocycles. The van der Waals surface area contributed by atoms with E-state index >= 15 is 0 Å². The van der Waals surface area contributed by atoms with Crippen LogP contribution in [0.5, 0.6) is 17.2 Å². The maximum atomic E-state index is 13.5. The molecule has 9 aromatic rings. The molecule has 3 aromatic carbocycles. The van der Waals surface area contributed by atoms with Crippen LogP contribution in [-0.4, -0.2) is 181 Å². The maximum absolute atomic E-state index is 13.5. The maximum Gasteiger partial charge on any atom is 1.00 e. The first-order valence-corrected chi connectivity index (χ1v) is 43.7. The third-order valence-corrected chi connectivity index (χ3v) is 22.2. The Morgan fingerprint density at radius 1 is 0.431 bits per heavy atom. The van der Waals surface area contributed by atoms with Crippen molar-refractivity contribution in [2.24, 2.45) is 0 Å². The molecule has 30 heteroatoms. The van der Waals surface area contributed by atoms with E-state index in [4.69, 9.17) is 38.4 Å². The summed E-state index contributed by atoms with van der Waals surface area (Å²) in [7, 11) is 9.29. The molecule has 0 saturated carbocycles. The average Bonchev–Trinajstić information content (AvgIpc) is 0.779. The fourth-order valence-corrected chi connectivity index (χ4v) is 16.3. The number of amides is 3. The third kappa shape index (κ3) is 31.8. The minimum absolute atomic E-state index is 0. The predicted molar refractivity (Wildman–Crippen MR) is 491 cm³/mol. The molecule has 3 radical (unpaired) electrons. The predicted octanol–water partition coefficient (Wildman–Crippen LogP) is 14.1. The van der Waals surface area contributed by atoms with Crippen molar-refractivity contribution in [2.75, 3.05) is 41.0 Å². The van der Waals surface area contributed by atoms with Crippen molar-refractivity contribution in [1.82, 2.24) is 59.7 Å². The van der Waals surface area contributed by atoms with Gasteiger partial charge in [0.25, 0.3) is 0 Å². The number of hydrogen-bond donors (Lipinski definition) is 1. The van der Waals surface area contributed by atoms with E-state index in [0.29, 0.717) is 57.7 Å². The second-order valence-corrected chi connectivity index (χ2v) is 35.2. The van der Waals surface area contributed by atoms with Gasteiger partial charge in [-0.25, -0.2) is 33.7 Å². The van der Waals surface area contributed by atoms with Gasteiger partial charge in [-0.05, 0) is 250 Å². The first kappa shape index (κ1) is 104. The topological polar surface area (TPSA) is 308 Å². The number of methoxy groups -OCH3 is 3. The quantitative estimate of drug-likeness (QED) is 0.0291. The van der Waals surface area contributed by atoms with Crippen LogP contribution < -0.4 is 49.1 Å². The molecule has 0 fully saturated rings. The van der Waals surface area contributed by atoms with Crippen LogP contribution in [0.3, 0.4) is 0 Å². The Hall–Kier alpha value is -11.2. The number of carbonyl (C=O) groups is 7. The molecule has 9 heterocycles. The van der Waals surface area contributed by atoms with E-state index in [-0.39, 0.29) is 91.5 Å². The van der Waals surface area contributed by atoms with E-state index in [1.807, 2.05) is 181 Å². The number of pyridine rings is 6. The zero-order valence-corrected chi connectivity index (χ0v) is 79.5. The van der Waals surface area contributed by atoms with Crippen LogP contribution in [0.15, 0.2) is 183 Å². The minimum atomic E-state index is -0.639. The van der Waals surface area contributed by atoms with E-state index in [2.05, 4.69) is 112 Å². The SMILES string of the molecule is C.CC(=O)OOC(C)=O.CC(C)(C)OC(=O)N1Cc2cccnc2CC1CN[C@H]1CCCc2cccnc21.COc1ccc(C=O)cc1.COc1ccc(CN(C[C@@H]2Cc3ncccc3CN2C(=O)OC(C)(C)C)[C@H]2CCCc3cccnc32)cc1.COc1ccc(CN(C[C@H]2Cc3ncccc3CN2C(=O)OC(C)(C)C)[C@H]2CCCc3cccnc32)cc1.[B-]OC(C)=O.[Na+]. The van der Waals surface area contributed by atoms with E-state index in [9.17, 15) is 33.6 Å². The van der Waals surface area contributed by atoms with Crippen LogP contribution in [0, 0.1) is 0 Å². The molecule has 687 valence electrons. The summed E-state index contributed by atoms with van der Waals surface area (Å²) in [6.07, 6.45) is 23.0. The Kier molecular flexibility index (Phi) is 40.3. The number of nitrogens with one attached hydrogen (secondary N) is 1. The summed E-state index contributed by atoms with van der Waals surface area (Å²) in [5, 5.41) is 3.69. The Morgan fingerprint density at radius 3 is 1.07 bits per heavy atom. The molecular weight excluding hydrogens is 1660 g/mol. The first-order valence-electron chi connectivity index (χ1n) is 43.7. The zero-order valence-electron chi connectivity index (χ0n) is 77.5. The number of aryl methyl sites for hydroxylation is 3. The van der Waals surface area contributed by atoms with Crippen molar-refractivity contribution >= 4 is 50.5 Å². The summed E-state index contributed by atoms with van der Waals surface area (Å²) in [4.78, 5) is 126. The normalized spacial score (nSPS) is 17.3. The molecule has 0 saturated heterocycles. The van der Waals surface area contributed by atoms with Gasteiger partial charge in [0.15, 0.2) is 0 Å². The second kappa shape index (κ2) is 50.3. The van der Waals surface area contributed by atoms with Crippen LogP contribution in [0.2, 0.25) is 0 Å². The molecule has 6 aromatic heterocycles. The zero-order chi connectivity index (χ0) is 92.1. The first-order chi connectivity index (χ1) is 61.3. The van der Waals surface area contributed by atoms with Crippen LogP contribution in [0.1, 0.15) is 236 Å². The number of carbonyl (C=O) groups excluding carboxylic acids is 7. The van der Waals surface area contributed by atoms with E-state index in [1.54, 1.807) is 45.6 Å². The van der Waals surface area contributed by atoms with Gasteiger partial charge < -0.3 is 46.4 Å². The molecule has 1 N–H and O–H groups in total. The largest absolute Gasteiger partial charge is 1.00 e. The van der Waals surface area contributed by atoms with Crippen molar-refractivity contribution in [3.05, 3.63) is 267 Å². The number of aldehydes is 1. The fourth-order valence-electron chi connectivity index (χ4n) is 16.3. The van der Waals surface area contributed by atoms with E-state index in [1.165, 1.54) is 34.7 Å². The van der Waals surface area contributed by atoms with E-state index in [0.717, 1.165) is 166 Å². The number of benzene rings is 3. The van der Waals surface area contributed by atoms with E-state index < -0.39 is 34.7 Å². The van der Waals surface area contributed by atoms with Crippen molar-refractivity contribution in [2.45, 2.75) is 253 Å². The Morgan fingerprint density at radius 2 is 0.738 bits per heavy atom. The smallest absolute Gasteiger partial charge is 0.793 e. The number of aromatic nitrogens is 6. The molecule has 130 heavy (non-hydrogen) atoms. The Labute approximate surface area is 789 Å². The van der Waals surface area contributed by atoms with Gasteiger partial charge in [0, 0.05) is 139 Å². The molecular formula is C100H127BN12NaO16. The monoisotopic (exact) mass is 1790 g/mol. The molecule has 6 atom stereocenters. The Bertz CT molecular complexity index is 4920. The van der Waals surface area contributed by atoms with Gasteiger partial charge in [-0.15, -0.1) is 0 Å². The van der Waals surface area contributed by atoms with Gasteiger partial charge in [0.05, 0.1) is 88.3 Å². The number of rotatable bonds is 17. The van der Waals surface area contributed by atoms with Crippen LogP contribution >= 0.6 is 0 Å². The standard InChI is InChI=1S/2C31H38N4O3.C23H30N4O2.C8H8O2.C4H6O4.C2H3BO2.CH4.Na/c2*1-31(2,3)38-30(36)35-20-24-10-7-16-32-27(24)18-25(35)21-34(19-22-12-14-26(37-4)15-13-22)28-11-5-8-23-9-6-17-33-29(23)28;1-23(2,3)29-22(28)27-15-17-9-6-11-24-20(17)13-18(27)14-26-19-10-4-7-16-8-5-12-25-21(16)19;1-10-8-4-2-7(6-9)3-5-8;1-3(5)7-8-4(2)6;1-2(4)5-3;;/h2*6-7,9-10,12-17,25,28H,5,8,11,18-21H2,1-4H3;5-6,8-9,11-12,18-19,26H,4,7,10,13-15H2,1-3H3;2-6H,1H3;1-2H3;1H3;1H4;/q;;;;;-1;;+1/t25-,28+;25-,28-;18?,19-;;;;;/m100...../s1. The molecule has 15 rings (SSSR count). The van der Waals surface area contributed by atoms with Crippen molar-refractivity contribution in [3.8, 4) is 17.2 Å². The number of hydrogen-bond acceptors (Lipinski definition) is 25. The molecule has 28 nitrogen and oxygen atoms in total. The molecule has 3 amide bonds. The van der Waals surface area contributed by atoms with Gasteiger partial charge in [0.1, 0.15) is 40.3 Å². The molecule has 3 aliphatic carbocycles. The minimum Gasteiger partial charge on any atom is -0.793 e. The second-order valence-electron chi connectivity index (χ2n) is 35.2. The van der Waals surface area contributed by atoms with Gasteiger partial charge in [-0.2, -0.15) is 0 Å². The average molecular weight is 1790 g/mol. The summed E-state index contributed by atoms with van der Waals surface area (Å²) in [6, 6.07) is 48.5. The molecule has 6 aliphatic rings. The van der Waals surface area contributed by atoms with Crippen molar-refractivity contribution < 1.29 is 106 Å². The van der Waals surface area contributed by atoms with Crippen LogP contribution in [0.25, 0.3) is 0 Å². The van der Waals surface area contributed by atoms with Crippen molar-refractivity contribution in [3.63, 3.8) is 0 Å². The Balaban J connectivity index is 0.000000214. The van der Waals surface area contributed by atoms with Crippen LogP contribution in [0.4, 0.5) is 14.4 Å². The molecule has 0 bridgehead atoms. The van der Waals surface area contributed by atoms with Gasteiger partial charge in [-0.1, -0.05) is 68.1 Å². The van der Waals surface area contributed by atoms with Gasteiger partial charge >= 0.3 is 59.8 Å². The third-order valence-electron chi connectivity index (χ3n) is 22.2. The molecule has 0 spiro atoms.